The summed E-state index contributed by atoms with van der Waals surface area (Å²) in [6.07, 6.45) is 5.91. The zero-order valence-electron chi connectivity index (χ0n) is 12.6. The molecule has 1 saturated carbocycles. The van der Waals surface area contributed by atoms with Crippen LogP contribution in [0.5, 0.6) is 0 Å². The van der Waals surface area contributed by atoms with E-state index in [2.05, 4.69) is 24.1 Å². The first-order valence-electron chi connectivity index (χ1n) is 7.54. The molecule has 1 fully saturated rings. The van der Waals surface area contributed by atoms with Gasteiger partial charge in [-0.05, 0) is 31.6 Å². The Bertz CT molecular complexity index is 299. The van der Waals surface area contributed by atoms with Crippen molar-refractivity contribution in [3.8, 4) is 0 Å². The van der Waals surface area contributed by atoms with Crippen molar-refractivity contribution in [3.63, 3.8) is 0 Å². The molecule has 19 heavy (non-hydrogen) atoms. The minimum Gasteiger partial charge on any atom is -0.356 e. The van der Waals surface area contributed by atoms with Gasteiger partial charge in [-0.15, -0.1) is 0 Å². The van der Waals surface area contributed by atoms with Gasteiger partial charge in [0.25, 0.3) is 0 Å². The number of unbranched alkanes of at least 4 members (excludes halogenated alkanes) is 2. The van der Waals surface area contributed by atoms with Crippen molar-refractivity contribution in [2.24, 2.45) is 5.92 Å². The van der Waals surface area contributed by atoms with Crippen LogP contribution in [0.3, 0.4) is 0 Å². The van der Waals surface area contributed by atoms with E-state index in [0.29, 0.717) is 24.3 Å². The second-order valence-electron chi connectivity index (χ2n) is 5.96. The Morgan fingerprint density at radius 2 is 1.89 bits per heavy atom. The molecule has 0 radical (unpaired) electrons. The molecule has 1 rings (SSSR count). The minimum absolute atomic E-state index is 0.0212. The fourth-order valence-electron chi connectivity index (χ4n) is 2.22. The summed E-state index contributed by atoms with van der Waals surface area (Å²) in [5.41, 5.74) is 0. The monoisotopic (exact) mass is 268 g/mol. The lowest BCUT2D eigenvalue weighted by molar-refractivity contribution is -0.132. The van der Waals surface area contributed by atoms with Gasteiger partial charge in [0.05, 0.1) is 0 Å². The fraction of sp³-hybridized carbons (Fsp3) is 0.867. The van der Waals surface area contributed by atoms with Crippen molar-refractivity contribution in [1.82, 2.24) is 10.2 Å². The highest BCUT2D eigenvalue weighted by Crippen LogP contribution is 2.28. The van der Waals surface area contributed by atoms with E-state index in [1.165, 1.54) is 19.8 Å². The molecule has 110 valence electrons. The van der Waals surface area contributed by atoms with Gasteiger partial charge in [0.1, 0.15) is 0 Å². The van der Waals surface area contributed by atoms with Crippen molar-refractivity contribution >= 4 is 11.8 Å². The molecule has 0 aromatic heterocycles. The summed E-state index contributed by atoms with van der Waals surface area (Å²) < 4.78 is 0. The molecule has 0 aromatic carbocycles. The zero-order chi connectivity index (χ0) is 14.3. The molecule has 2 amide bonds. The maximum Gasteiger partial charge on any atom is 0.222 e. The molecular weight excluding hydrogens is 240 g/mol. The molecule has 1 N–H and O–H groups in total. The summed E-state index contributed by atoms with van der Waals surface area (Å²) >= 11 is 0. The summed E-state index contributed by atoms with van der Waals surface area (Å²) in [5, 5.41) is 2.78. The van der Waals surface area contributed by atoms with Crippen LogP contribution in [0.25, 0.3) is 0 Å². The van der Waals surface area contributed by atoms with Gasteiger partial charge in [0.2, 0.25) is 11.8 Å². The molecular formula is C15H28N2O2. The minimum atomic E-state index is 0.0212. The van der Waals surface area contributed by atoms with Gasteiger partial charge < -0.3 is 10.2 Å². The predicted octanol–water partition coefficient (Wildman–Crippen LogP) is 2.33. The summed E-state index contributed by atoms with van der Waals surface area (Å²) in [6, 6.07) is 0.522. The van der Waals surface area contributed by atoms with Crippen molar-refractivity contribution in [2.75, 3.05) is 13.1 Å². The van der Waals surface area contributed by atoms with Gasteiger partial charge >= 0.3 is 0 Å². The Morgan fingerprint density at radius 1 is 1.21 bits per heavy atom. The highest BCUT2D eigenvalue weighted by molar-refractivity contribution is 5.76. The van der Waals surface area contributed by atoms with Gasteiger partial charge in [0.15, 0.2) is 0 Å². The summed E-state index contributed by atoms with van der Waals surface area (Å²) in [7, 11) is 0. The quantitative estimate of drug-likeness (QED) is 0.652. The number of hydrogen-bond donors (Lipinski definition) is 1. The van der Waals surface area contributed by atoms with Crippen LogP contribution in [-0.4, -0.2) is 35.8 Å². The molecule has 0 bridgehead atoms. The SMILES string of the molecule is CC(=O)NCCCCCC(=O)N(CC(C)C)C1CC1. The molecule has 0 spiro atoms. The number of carbonyl (C=O) groups is 2. The molecule has 4 heteroatoms. The van der Waals surface area contributed by atoms with Crippen LogP contribution < -0.4 is 5.32 Å². The van der Waals surface area contributed by atoms with Gasteiger partial charge in [-0.2, -0.15) is 0 Å². The van der Waals surface area contributed by atoms with Crippen molar-refractivity contribution in [1.29, 1.82) is 0 Å². The van der Waals surface area contributed by atoms with E-state index < -0.39 is 0 Å². The molecule has 1 aliphatic carbocycles. The summed E-state index contributed by atoms with van der Waals surface area (Å²) in [6.45, 7) is 7.48. The number of amides is 2. The standard InChI is InChI=1S/C15H28N2O2/c1-12(2)11-17(14-8-9-14)15(19)7-5-4-6-10-16-13(3)18/h12,14H,4-11H2,1-3H3,(H,16,18). The first-order chi connectivity index (χ1) is 9.00. The fourth-order valence-corrected chi connectivity index (χ4v) is 2.22. The number of nitrogens with one attached hydrogen (secondary N) is 1. The molecule has 0 aliphatic heterocycles. The molecule has 0 heterocycles. The maximum absolute atomic E-state index is 12.2. The molecule has 0 saturated heterocycles. The van der Waals surface area contributed by atoms with Gasteiger partial charge in [0, 0.05) is 32.5 Å². The van der Waals surface area contributed by atoms with E-state index in [-0.39, 0.29) is 5.91 Å². The third-order valence-corrected chi connectivity index (χ3v) is 3.31. The molecule has 0 unspecified atom stereocenters. The lowest BCUT2D eigenvalue weighted by Gasteiger charge is -2.24. The van der Waals surface area contributed by atoms with E-state index in [1.807, 2.05) is 0 Å². The first-order valence-corrected chi connectivity index (χ1v) is 7.54. The van der Waals surface area contributed by atoms with Crippen LogP contribution in [0.2, 0.25) is 0 Å². The van der Waals surface area contributed by atoms with E-state index in [0.717, 1.165) is 32.4 Å². The average molecular weight is 268 g/mol. The number of rotatable bonds is 9. The highest BCUT2D eigenvalue weighted by atomic mass is 16.2. The third kappa shape index (κ3) is 7.19. The number of hydrogen-bond acceptors (Lipinski definition) is 2. The Balaban J connectivity index is 2.12. The Morgan fingerprint density at radius 3 is 2.42 bits per heavy atom. The molecule has 4 nitrogen and oxygen atoms in total. The third-order valence-electron chi connectivity index (χ3n) is 3.31. The lowest BCUT2D eigenvalue weighted by Crippen LogP contribution is -2.35. The first kappa shape index (κ1) is 16.0. The molecule has 1 aliphatic rings. The lowest BCUT2D eigenvalue weighted by atomic mass is 10.1. The molecule has 0 aromatic rings. The Kier molecular flexibility index (Phi) is 6.89. The van der Waals surface area contributed by atoms with Gasteiger partial charge in [-0.1, -0.05) is 20.3 Å². The topological polar surface area (TPSA) is 49.4 Å². The second-order valence-corrected chi connectivity index (χ2v) is 5.96. The Labute approximate surface area is 116 Å². The maximum atomic E-state index is 12.2. The van der Waals surface area contributed by atoms with Crippen LogP contribution >= 0.6 is 0 Å². The van der Waals surface area contributed by atoms with Crippen LogP contribution in [0.15, 0.2) is 0 Å². The average Bonchev–Trinajstić information content (AvgIpc) is 3.13. The van der Waals surface area contributed by atoms with E-state index in [1.54, 1.807) is 0 Å². The highest BCUT2D eigenvalue weighted by Gasteiger charge is 2.32. The van der Waals surface area contributed by atoms with Crippen molar-refractivity contribution < 1.29 is 9.59 Å². The van der Waals surface area contributed by atoms with Gasteiger partial charge in [-0.25, -0.2) is 0 Å². The second kappa shape index (κ2) is 8.18. The molecule has 0 atom stereocenters. The predicted molar refractivity (Wildman–Crippen MR) is 76.7 cm³/mol. The normalized spacial score (nSPS) is 14.5. The van der Waals surface area contributed by atoms with Crippen LogP contribution in [0, 0.1) is 5.92 Å². The van der Waals surface area contributed by atoms with E-state index >= 15 is 0 Å². The largest absolute Gasteiger partial charge is 0.356 e. The summed E-state index contributed by atoms with van der Waals surface area (Å²) in [5.74, 6) is 0.882. The van der Waals surface area contributed by atoms with Gasteiger partial charge in [-0.3, -0.25) is 9.59 Å². The van der Waals surface area contributed by atoms with Crippen molar-refractivity contribution in [2.45, 2.75) is 65.3 Å². The number of carbonyl (C=O) groups excluding carboxylic acids is 2. The van der Waals surface area contributed by atoms with Crippen LogP contribution in [0.1, 0.15) is 59.3 Å². The van der Waals surface area contributed by atoms with Crippen molar-refractivity contribution in [3.05, 3.63) is 0 Å². The Hall–Kier alpha value is -1.06. The smallest absolute Gasteiger partial charge is 0.222 e. The van der Waals surface area contributed by atoms with Crippen LogP contribution in [0.4, 0.5) is 0 Å². The number of nitrogens with zero attached hydrogens (tertiary/aromatic N) is 1. The van der Waals surface area contributed by atoms with E-state index in [4.69, 9.17) is 0 Å². The van der Waals surface area contributed by atoms with E-state index in [9.17, 15) is 9.59 Å². The summed E-state index contributed by atoms with van der Waals surface area (Å²) in [4.78, 5) is 24.9. The van der Waals surface area contributed by atoms with Crippen LogP contribution in [-0.2, 0) is 9.59 Å². The zero-order valence-corrected chi connectivity index (χ0v) is 12.6.